The second kappa shape index (κ2) is 6.32. The number of hydrogen-bond donors (Lipinski definition) is 1. The standard InChI is InChI=1S/C19H21N3OS2/c23-17(12-5-1-2-6-12)21-18-15(13-7-3-4-8-14(13)24-18)19-20-16(22-25-19)11-9-10-11/h5,11H,1-4,6-10H2,(H,21,23). The molecule has 2 heterocycles. The van der Waals surface area contributed by atoms with Crippen LogP contribution in [0.1, 0.15) is 67.1 Å². The number of carbonyl (C=O) groups is 1. The molecule has 0 atom stereocenters. The van der Waals surface area contributed by atoms with E-state index in [1.165, 1.54) is 47.7 Å². The fourth-order valence-corrected chi connectivity index (χ4v) is 5.96. The van der Waals surface area contributed by atoms with Crippen LogP contribution in [0.3, 0.4) is 0 Å². The summed E-state index contributed by atoms with van der Waals surface area (Å²) in [5.74, 6) is 1.65. The number of rotatable bonds is 4. The van der Waals surface area contributed by atoms with Crippen LogP contribution in [-0.2, 0) is 17.6 Å². The van der Waals surface area contributed by atoms with Crippen molar-refractivity contribution in [2.75, 3.05) is 5.32 Å². The maximum absolute atomic E-state index is 12.6. The van der Waals surface area contributed by atoms with Gasteiger partial charge in [-0.2, -0.15) is 4.37 Å². The molecule has 3 aliphatic rings. The Labute approximate surface area is 155 Å². The van der Waals surface area contributed by atoms with Gasteiger partial charge >= 0.3 is 0 Å². The van der Waals surface area contributed by atoms with E-state index in [0.29, 0.717) is 5.92 Å². The number of hydrogen-bond acceptors (Lipinski definition) is 5. The summed E-state index contributed by atoms with van der Waals surface area (Å²) >= 11 is 3.26. The van der Waals surface area contributed by atoms with E-state index in [4.69, 9.17) is 4.98 Å². The SMILES string of the molecule is O=C(Nc1sc2c(c1-c1nc(C3CC3)ns1)CCCC2)C1=CCCC1. The van der Waals surface area contributed by atoms with Gasteiger partial charge in [0.1, 0.15) is 15.8 Å². The molecule has 4 nitrogen and oxygen atoms in total. The van der Waals surface area contributed by atoms with Gasteiger partial charge in [-0.15, -0.1) is 11.3 Å². The smallest absolute Gasteiger partial charge is 0.251 e. The Morgan fingerprint density at radius 1 is 1.16 bits per heavy atom. The second-order valence-electron chi connectivity index (χ2n) is 7.22. The molecular formula is C19H21N3OS2. The maximum atomic E-state index is 12.6. The average Bonchev–Trinajstić information content (AvgIpc) is 3.05. The molecule has 6 heteroatoms. The van der Waals surface area contributed by atoms with Gasteiger partial charge in [0, 0.05) is 16.4 Å². The largest absolute Gasteiger partial charge is 0.313 e. The summed E-state index contributed by atoms with van der Waals surface area (Å²) in [4.78, 5) is 18.9. The number of anilines is 1. The first kappa shape index (κ1) is 15.7. The number of allylic oxidation sites excluding steroid dienone is 1. The quantitative estimate of drug-likeness (QED) is 0.816. The van der Waals surface area contributed by atoms with Crippen LogP contribution in [0.4, 0.5) is 5.00 Å². The summed E-state index contributed by atoms with van der Waals surface area (Å²) < 4.78 is 4.59. The molecule has 5 rings (SSSR count). The van der Waals surface area contributed by atoms with Gasteiger partial charge in [0.25, 0.3) is 5.91 Å². The molecule has 0 radical (unpaired) electrons. The lowest BCUT2D eigenvalue weighted by Gasteiger charge is -2.11. The van der Waals surface area contributed by atoms with Crippen molar-refractivity contribution in [2.45, 2.75) is 63.7 Å². The zero-order valence-corrected chi connectivity index (χ0v) is 15.8. The zero-order valence-electron chi connectivity index (χ0n) is 14.1. The van der Waals surface area contributed by atoms with Crippen LogP contribution < -0.4 is 5.32 Å². The summed E-state index contributed by atoms with van der Waals surface area (Å²) in [7, 11) is 0. The molecule has 3 aliphatic carbocycles. The van der Waals surface area contributed by atoms with Gasteiger partial charge in [0.05, 0.1) is 5.56 Å². The Morgan fingerprint density at radius 3 is 2.84 bits per heavy atom. The van der Waals surface area contributed by atoms with Gasteiger partial charge in [-0.3, -0.25) is 4.79 Å². The second-order valence-corrected chi connectivity index (χ2v) is 9.08. The summed E-state index contributed by atoms with van der Waals surface area (Å²) in [5.41, 5.74) is 3.51. The predicted octanol–water partition coefficient (Wildman–Crippen LogP) is 5.07. The minimum absolute atomic E-state index is 0.0734. The van der Waals surface area contributed by atoms with Crippen LogP contribution in [0.5, 0.6) is 0 Å². The number of aryl methyl sites for hydroxylation is 1. The van der Waals surface area contributed by atoms with E-state index >= 15 is 0 Å². The lowest BCUT2D eigenvalue weighted by Crippen LogP contribution is -2.13. The third kappa shape index (κ3) is 2.95. The normalized spacial score (nSPS) is 19.6. The van der Waals surface area contributed by atoms with E-state index in [1.807, 2.05) is 0 Å². The van der Waals surface area contributed by atoms with E-state index in [-0.39, 0.29) is 5.91 Å². The molecule has 1 N–H and O–H groups in total. The molecule has 0 saturated heterocycles. The zero-order chi connectivity index (χ0) is 16.8. The molecule has 0 spiro atoms. The van der Waals surface area contributed by atoms with Crippen molar-refractivity contribution in [2.24, 2.45) is 0 Å². The van der Waals surface area contributed by atoms with Crippen molar-refractivity contribution in [1.82, 2.24) is 9.36 Å². The number of fused-ring (bicyclic) bond motifs is 1. The van der Waals surface area contributed by atoms with Crippen LogP contribution in [0.2, 0.25) is 0 Å². The molecule has 1 fully saturated rings. The number of nitrogens with zero attached hydrogens (tertiary/aromatic N) is 2. The van der Waals surface area contributed by atoms with Crippen LogP contribution in [0.15, 0.2) is 11.6 Å². The lowest BCUT2D eigenvalue weighted by molar-refractivity contribution is -0.112. The Bertz CT molecular complexity index is 860. The van der Waals surface area contributed by atoms with Crippen LogP contribution in [0.25, 0.3) is 10.6 Å². The molecule has 130 valence electrons. The van der Waals surface area contributed by atoms with E-state index in [0.717, 1.165) is 59.1 Å². The Balaban J connectivity index is 1.52. The number of thiophene rings is 1. The van der Waals surface area contributed by atoms with Crippen molar-refractivity contribution in [3.05, 3.63) is 27.9 Å². The van der Waals surface area contributed by atoms with Crippen LogP contribution in [0, 0.1) is 0 Å². The third-order valence-electron chi connectivity index (χ3n) is 5.33. The van der Waals surface area contributed by atoms with E-state index in [9.17, 15) is 4.79 Å². The molecule has 0 aliphatic heterocycles. The maximum Gasteiger partial charge on any atom is 0.251 e. The van der Waals surface area contributed by atoms with Crippen molar-refractivity contribution in [3.63, 3.8) is 0 Å². The number of amides is 1. The van der Waals surface area contributed by atoms with Crippen LogP contribution in [-0.4, -0.2) is 15.3 Å². The summed E-state index contributed by atoms with van der Waals surface area (Å²) in [6.45, 7) is 0. The van der Waals surface area contributed by atoms with Gasteiger partial charge in [-0.25, -0.2) is 4.98 Å². The van der Waals surface area contributed by atoms with Gasteiger partial charge < -0.3 is 5.32 Å². The highest BCUT2D eigenvalue weighted by Gasteiger charge is 2.30. The fraction of sp³-hybridized carbons (Fsp3) is 0.526. The minimum Gasteiger partial charge on any atom is -0.313 e. The highest BCUT2D eigenvalue weighted by Crippen LogP contribution is 2.46. The third-order valence-corrected chi connectivity index (χ3v) is 7.28. The minimum atomic E-state index is 0.0734. The topological polar surface area (TPSA) is 54.9 Å². The fourth-order valence-electron chi connectivity index (χ4n) is 3.78. The molecule has 1 amide bonds. The van der Waals surface area contributed by atoms with Crippen molar-refractivity contribution in [3.8, 4) is 10.6 Å². The molecular weight excluding hydrogens is 350 g/mol. The van der Waals surface area contributed by atoms with Gasteiger partial charge in [0.15, 0.2) is 0 Å². The molecule has 0 unspecified atom stereocenters. The molecule has 0 aromatic carbocycles. The first-order valence-corrected chi connectivity index (χ1v) is 10.9. The molecule has 2 aromatic rings. The number of nitrogens with one attached hydrogen (secondary N) is 1. The summed E-state index contributed by atoms with van der Waals surface area (Å²) in [6, 6.07) is 0. The van der Waals surface area contributed by atoms with E-state index in [2.05, 4.69) is 15.8 Å². The molecule has 25 heavy (non-hydrogen) atoms. The summed E-state index contributed by atoms with van der Waals surface area (Å²) in [5, 5.41) is 5.20. The van der Waals surface area contributed by atoms with E-state index < -0.39 is 0 Å². The van der Waals surface area contributed by atoms with Crippen LogP contribution >= 0.6 is 22.9 Å². The highest BCUT2D eigenvalue weighted by atomic mass is 32.1. The predicted molar refractivity (Wildman–Crippen MR) is 102 cm³/mol. The number of aromatic nitrogens is 2. The average molecular weight is 372 g/mol. The molecule has 0 bridgehead atoms. The van der Waals surface area contributed by atoms with Gasteiger partial charge in [-0.1, -0.05) is 6.08 Å². The van der Waals surface area contributed by atoms with Gasteiger partial charge in [0.2, 0.25) is 0 Å². The monoisotopic (exact) mass is 371 g/mol. The Kier molecular flexibility index (Phi) is 3.97. The first-order chi connectivity index (χ1) is 12.3. The molecule has 1 saturated carbocycles. The molecule has 2 aromatic heterocycles. The Hall–Kier alpha value is -1.53. The van der Waals surface area contributed by atoms with Crippen molar-refractivity contribution in [1.29, 1.82) is 0 Å². The van der Waals surface area contributed by atoms with Crippen molar-refractivity contribution < 1.29 is 4.79 Å². The lowest BCUT2D eigenvalue weighted by atomic mass is 9.95. The van der Waals surface area contributed by atoms with Gasteiger partial charge in [-0.05, 0) is 74.9 Å². The Morgan fingerprint density at radius 2 is 2.04 bits per heavy atom. The van der Waals surface area contributed by atoms with Crippen molar-refractivity contribution >= 4 is 33.8 Å². The first-order valence-electron chi connectivity index (χ1n) is 9.28. The number of carbonyl (C=O) groups excluding carboxylic acids is 1. The summed E-state index contributed by atoms with van der Waals surface area (Å²) in [6.07, 6.45) is 12.2. The highest BCUT2D eigenvalue weighted by molar-refractivity contribution is 7.18. The van der Waals surface area contributed by atoms with E-state index in [1.54, 1.807) is 11.3 Å².